The van der Waals surface area contributed by atoms with E-state index in [0.717, 1.165) is 24.6 Å². The molecule has 6 nitrogen and oxygen atoms in total. The lowest BCUT2D eigenvalue weighted by Crippen LogP contribution is -2.47. The second-order valence-electron chi connectivity index (χ2n) is 7.22. The maximum absolute atomic E-state index is 12.6. The predicted molar refractivity (Wildman–Crippen MR) is 91.1 cm³/mol. The van der Waals surface area contributed by atoms with Crippen molar-refractivity contribution in [3.05, 3.63) is 11.8 Å². The van der Waals surface area contributed by atoms with Crippen LogP contribution in [0.4, 0.5) is 11.8 Å². The summed E-state index contributed by atoms with van der Waals surface area (Å²) in [7, 11) is 0. The topological polar surface area (TPSA) is 75.4 Å². The highest BCUT2D eigenvalue weighted by molar-refractivity contribution is 5.78. The molecule has 1 atom stereocenters. The molecule has 126 valence electrons. The van der Waals surface area contributed by atoms with Gasteiger partial charge in [-0.05, 0) is 31.6 Å². The van der Waals surface area contributed by atoms with Crippen molar-refractivity contribution in [2.24, 2.45) is 11.8 Å². The monoisotopic (exact) mass is 317 g/mol. The minimum Gasteiger partial charge on any atom is -0.368 e. The number of rotatable bonds is 4. The minimum atomic E-state index is 0.224. The van der Waals surface area contributed by atoms with Crippen molar-refractivity contribution in [1.82, 2.24) is 14.9 Å². The highest BCUT2D eigenvalue weighted by Crippen LogP contribution is 2.32. The zero-order valence-electron chi connectivity index (χ0n) is 14.3. The van der Waals surface area contributed by atoms with Crippen LogP contribution >= 0.6 is 0 Å². The van der Waals surface area contributed by atoms with Crippen LogP contribution in [0.25, 0.3) is 0 Å². The number of nitrogens with two attached hydrogens (primary N) is 1. The fraction of sp³-hybridized carbons (Fsp3) is 0.706. The number of nitrogen functional groups attached to an aromatic ring is 1. The summed E-state index contributed by atoms with van der Waals surface area (Å²) >= 11 is 0. The third kappa shape index (κ3) is 3.74. The summed E-state index contributed by atoms with van der Waals surface area (Å²) in [5.74, 6) is 2.53. The summed E-state index contributed by atoms with van der Waals surface area (Å²) in [6.45, 7) is 8.73. The van der Waals surface area contributed by atoms with Crippen molar-refractivity contribution in [3.63, 3.8) is 0 Å². The van der Waals surface area contributed by atoms with Gasteiger partial charge in [0, 0.05) is 37.8 Å². The van der Waals surface area contributed by atoms with Crippen LogP contribution in [0.15, 0.2) is 6.07 Å². The zero-order chi connectivity index (χ0) is 16.6. The van der Waals surface area contributed by atoms with Crippen LogP contribution in [0.3, 0.4) is 0 Å². The van der Waals surface area contributed by atoms with Gasteiger partial charge in [0.05, 0.1) is 6.04 Å². The molecule has 1 saturated heterocycles. The first-order chi connectivity index (χ1) is 10.9. The Hall–Kier alpha value is -1.85. The number of hydrogen-bond donors (Lipinski definition) is 1. The van der Waals surface area contributed by atoms with Gasteiger partial charge in [0.2, 0.25) is 11.9 Å². The first-order valence-electron chi connectivity index (χ1n) is 8.59. The Morgan fingerprint density at radius 1 is 1.35 bits per heavy atom. The Bertz CT molecular complexity index is 564. The van der Waals surface area contributed by atoms with Crippen LogP contribution in [-0.2, 0) is 4.79 Å². The predicted octanol–water partition coefficient (Wildman–Crippen LogP) is 1.84. The molecule has 1 amide bonds. The van der Waals surface area contributed by atoms with Gasteiger partial charge in [-0.1, -0.05) is 13.8 Å². The lowest BCUT2D eigenvalue weighted by molar-refractivity contribution is -0.133. The van der Waals surface area contributed by atoms with Crippen LogP contribution in [-0.4, -0.2) is 46.5 Å². The third-order valence-corrected chi connectivity index (χ3v) is 4.83. The molecule has 0 radical (unpaired) electrons. The number of carbonyl (C=O) groups excluding carboxylic acids is 1. The van der Waals surface area contributed by atoms with E-state index in [0.29, 0.717) is 30.7 Å². The second kappa shape index (κ2) is 6.34. The molecule has 1 aromatic rings. The van der Waals surface area contributed by atoms with E-state index in [2.05, 4.69) is 33.6 Å². The van der Waals surface area contributed by atoms with E-state index in [1.807, 2.05) is 13.0 Å². The Balaban J connectivity index is 1.84. The molecule has 1 aliphatic heterocycles. The number of anilines is 2. The molecular formula is C17H27N5O. The summed E-state index contributed by atoms with van der Waals surface area (Å²) < 4.78 is 0. The van der Waals surface area contributed by atoms with Gasteiger partial charge in [-0.25, -0.2) is 4.98 Å². The van der Waals surface area contributed by atoms with E-state index in [4.69, 9.17) is 5.73 Å². The lowest BCUT2D eigenvalue weighted by atomic mass is 10.0. The van der Waals surface area contributed by atoms with Crippen molar-refractivity contribution >= 4 is 17.7 Å². The maximum atomic E-state index is 12.6. The molecule has 3 rings (SSSR count). The molecule has 1 saturated carbocycles. The maximum Gasteiger partial charge on any atom is 0.224 e. The molecule has 2 heterocycles. The largest absolute Gasteiger partial charge is 0.368 e. The van der Waals surface area contributed by atoms with Gasteiger partial charge in [0.25, 0.3) is 0 Å². The normalized spacial score (nSPS) is 22.6. The highest BCUT2D eigenvalue weighted by Gasteiger charge is 2.35. The van der Waals surface area contributed by atoms with E-state index in [1.165, 1.54) is 12.8 Å². The van der Waals surface area contributed by atoms with Crippen molar-refractivity contribution < 1.29 is 4.79 Å². The Labute approximate surface area is 138 Å². The first kappa shape index (κ1) is 16.0. The quantitative estimate of drug-likeness (QED) is 0.917. The molecule has 2 fully saturated rings. The molecule has 23 heavy (non-hydrogen) atoms. The number of aryl methyl sites for hydroxylation is 1. The fourth-order valence-electron chi connectivity index (χ4n) is 3.31. The standard InChI is InChI=1S/C17H27N5O/c1-11(2)14-10-21(15-8-12(3)19-17(18)20-15)7-6-16(23)22(14)9-13-4-5-13/h8,11,13-14H,4-7,9-10H2,1-3H3,(H2,18,19,20). The summed E-state index contributed by atoms with van der Waals surface area (Å²) in [6, 6.07) is 2.18. The average Bonchev–Trinajstić information content (AvgIpc) is 3.28. The second-order valence-corrected chi connectivity index (χ2v) is 7.22. The van der Waals surface area contributed by atoms with Gasteiger partial charge in [-0.15, -0.1) is 0 Å². The van der Waals surface area contributed by atoms with Crippen molar-refractivity contribution in [3.8, 4) is 0 Å². The number of nitrogens with zero attached hydrogens (tertiary/aromatic N) is 4. The van der Waals surface area contributed by atoms with Gasteiger partial charge in [0.15, 0.2) is 0 Å². The molecule has 1 aromatic heterocycles. The van der Waals surface area contributed by atoms with Crippen molar-refractivity contribution in [2.45, 2.75) is 46.1 Å². The molecule has 6 heteroatoms. The van der Waals surface area contributed by atoms with Crippen molar-refractivity contribution in [2.75, 3.05) is 30.3 Å². The zero-order valence-corrected chi connectivity index (χ0v) is 14.3. The van der Waals surface area contributed by atoms with E-state index in [9.17, 15) is 4.79 Å². The van der Waals surface area contributed by atoms with Gasteiger partial charge in [-0.3, -0.25) is 4.79 Å². The van der Waals surface area contributed by atoms with E-state index in [1.54, 1.807) is 0 Å². The molecular weight excluding hydrogens is 290 g/mol. The Kier molecular flexibility index (Phi) is 4.41. The third-order valence-electron chi connectivity index (χ3n) is 4.83. The van der Waals surface area contributed by atoms with E-state index >= 15 is 0 Å². The van der Waals surface area contributed by atoms with Gasteiger partial charge < -0.3 is 15.5 Å². The fourth-order valence-corrected chi connectivity index (χ4v) is 3.31. The van der Waals surface area contributed by atoms with Gasteiger partial charge >= 0.3 is 0 Å². The summed E-state index contributed by atoms with van der Waals surface area (Å²) in [4.78, 5) is 25.5. The number of aromatic nitrogens is 2. The Morgan fingerprint density at radius 3 is 2.70 bits per heavy atom. The number of amides is 1. The molecule has 0 spiro atoms. The Morgan fingerprint density at radius 2 is 2.09 bits per heavy atom. The first-order valence-corrected chi connectivity index (χ1v) is 8.59. The van der Waals surface area contributed by atoms with E-state index in [-0.39, 0.29) is 11.9 Å². The van der Waals surface area contributed by atoms with Gasteiger partial charge in [-0.2, -0.15) is 4.98 Å². The smallest absolute Gasteiger partial charge is 0.224 e. The van der Waals surface area contributed by atoms with E-state index < -0.39 is 0 Å². The van der Waals surface area contributed by atoms with Gasteiger partial charge in [0.1, 0.15) is 5.82 Å². The summed E-state index contributed by atoms with van der Waals surface area (Å²) in [5, 5.41) is 0. The number of hydrogen-bond acceptors (Lipinski definition) is 5. The van der Waals surface area contributed by atoms with Crippen LogP contribution in [0.2, 0.25) is 0 Å². The number of carbonyl (C=O) groups is 1. The van der Waals surface area contributed by atoms with Crippen LogP contribution in [0.1, 0.15) is 38.8 Å². The molecule has 1 aliphatic carbocycles. The SMILES string of the molecule is Cc1cc(N2CCC(=O)N(CC3CC3)C(C(C)C)C2)nc(N)n1. The molecule has 0 bridgehead atoms. The van der Waals surface area contributed by atoms with Crippen LogP contribution in [0, 0.1) is 18.8 Å². The van der Waals surface area contributed by atoms with Crippen molar-refractivity contribution in [1.29, 1.82) is 0 Å². The summed E-state index contributed by atoms with van der Waals surface area (Å²) in [5.41, 5.74) is 6.66. The molecule has 1 unspecified atom stereocenters. The van der Waals surface area contributed by atoms with Crippen LogP contribution < -0.4 is 10.6 Å². The molecule has 2 aliphatic rings. The lowest BCUT2D eigenvalue weighted by Gasteiger charge is -2.35. The molecule has 2 N–H and O–H groups in total. The molecule has 0 aromatic carbocycles. The average molecular weight is 317 g/mol. The highest BCUT2D eigenvalue weighted by atomic mass is 16.2. The minimum absolute atomic E-state index is 0.224. The van der Waals surface area contributed by atoms with Crippen LogP contribution in [0.5, 0.6) is 0 Å². The summed E-state index contributed by atoms with van der Waals surface area (Å²) in [6.07, 6.45) is 3.07.